The van der Waals surface area contributed by atoms with Crippen molar-refractivity contribution >= 4 is 5.91 Å². The van der Waals surface area contributed by atoms with Gasteiger partial charge >= 0.3 is 6.61 Å². The van der Waals surface area contributed by atoms with Gasteiger partial charge in [-0.25, -0.2) is 0 Å². The number of carbonyl (C=O) groups is 1. The van der Waals surface area contributed by atoms with E-state index >= 15 is 0 Å². The van der Waals surface area contributed by atoms with E-state index in [0.29, 0.717) is 18.7 Å². The normalized spacial score (nSPS) is 11.1. The highest BCUT2D eigenvalue weighted by molar-refractivity contribution is 5.75. The lowest BCUT2D eigenvalue weighted by molar-refractivity contribution is -0.119. The summed E-state index contributed by atoms with van der Waals surface area (Å²) in [5, 5.41) is 0. The minimum absolute atomic E-state index is 0.0202. The molecule has 1 aromatic rings. The lowest BCUT2D eigenvalue weighted by Crippen LogP contribution is -2.35. The number of carbonyl (C=O) groups excluding carboxylic acids is 1. The zero-order chi connectivity index (χ0) is 15.0. The summed E-state index contributed by atoms with van der Waals surface area (Å²) in [5.41, 5.74) is 5.73. The molecule has 0 saturated heterocycles. The molecule has 0 bridgehead atoms. The van der Waals surface area contributed by atoms with Crippen molar-refractivity contribution in [3.8, 4) is 5.75 Å². The van der Waals surface area contributed by atoms with Crippen LogP contribution in [-0.2, 0) is 16.1 Å². The van der Waals surface area contributed by atoms with Crippen LogP contribution in [0.2, 0.25) is 0 Å². The van der Waals surface area contributed by atoms with E-state index in [2.05, 4.69) is 4.74 Å². The maximum absolute atomic E-state index is 12.3. The smallest absolute Gasteiger partial charge is 0.387 e. The van der Waals surface area contributed by atoms with E-state index < -0.39 is 12.5 Å². The van der Waals surface area contributed by atoms with Crippen molar-refractivity contribution in [3.05, 3.63) is 29.8 Å². The van der Waals surface area contributed by atoms with Gasteiger partial charge in [0, 0.05) is 25.8 Å². The summed E-state index contributed by atoms with van der Waals surface area (Å²) in [5.74, 6) is -0.400. The van der Waals surface area contributed by atoms with Gasteiger partial charge in [0.15, 0.2) is 0 Å². The van der Waals surface area contributed by atoms with Gasteiger partial charge in [-0.05, 0) is 6.07 Å². The van der Waals surface area contributed by atoms with Crippen molar-refractivity contribution in [2.24, 2.45) is 5.73 Å². The number of rotatable bonds is 9. The van der Waals surface area contributed by atoms with Crippen LogP contribution in [0.1, 0.15) is 5.56 Å². The quantitative estimate of drug-likeness (QED) is 0.742. The maximum Gasteiger partial charge on any atom is 0.387 e. The van der Waals surface area contributed by atoms with Crippen LogP contribution >= 0.6 is 0 Å². The number of alkyl halides is 2. The van der Waals surface area contributed by atoms with E-state index in [1.165, 1.54) is 13.2 Å². The molecule has 0 heterocycles. The highest BCUT2D eigenvalue weighted by atomic mass is 19.3. The first-order valence-electron chi connectivity index (χ1n) is 6.05. The summed E-state index contributed by atoms with van der Waals surface area (Å²) >= 11 is 0. The molecule has 2 N–H and O–H groups in total. The minimum atomic E-state index is -2.89. The third kappa shape index (κ3) is 5.94. The van der Waals surface area contributed by atoms with E-state index in [-0.39, 0.29) is 18.8 Å². The molecule has 112 valence electrons. The van der Waals surface area contributed by atoms with Crippen LogP contribution in [0.25, 0.3) is 0 Å². The molecule has 0 aromatic heterocycles. The van der Waals surface area contributed by atoms with Crippen molar-refractivity contribution in [2.45, 2.75) is 13.2 Å². The predicted molar refractivity (Wildman–Crippen MR) is 69.4 cm³/mol. The van der Waals surface area contributed by atoms with Crippen LogP contribution in [0.15, 0.2) is 24.3 Å². The van der Waals surface area contributed by atoms with Crippen LogP contribution < -0.4 is 10.5 Å². The Kier molecular flexibility index (Phi) is 6.89. The highest BCUT2D eigenvalue weighted by Gasteiger charge is 2.14. The highest BCUT2D eigenvalue weighted by Crippen LogP contribution is 2.21. The molecule has 7 heteroatoms. The molecule has 1 amide bonds. The van der Waals surface area contributed by atoms with E-state index in [1.807, 2.05) is 0 Å². The summed E-state index contributed by atoms with van der Waals surface area (Å²) in [6.45, 7) is -1.73. The number of nitrogens with zero attached hydrogens (tertiary/aromatic N) is 1. The fraction of sp³-hybridized carbons (Fsp3) is 0.462. The van der Waals surface area contributed by atoms with Crippen LogP contribution in [-0.4, -0.2) is 44.2 Å². The molecular formula is C13H18F2N2O3. The summed E-state index contributed by atoms with van der Waals surface area (Å²) in [6.07, 6.45) is 0. The monoisotopic (exact) mass is 288 g/mol. The lowest BCUT2D eigenvalue weighted by Gasteiger charge is -2.21. The van der Waals surface area contributed by atoms with Crippen molar-refractivity contribution in [1.82, 2.24) is 4.90 Å². The number of hydrogen-bond donors (Lipinski definition) is 1. The van der Waals surface area contributed by atoms with Gasteiger partial charge < -0.3 is 15.2 Å². The molecule has 0 saturated carbocycles. The fourth-order valence-corrected chi connectivity index (χ4v) is 1.74. The van der Waals surface area contributed by atoms with Gasteiger partial charge in [0.2, 0.25) is 5.91 Å². The number of primary amides is 1. The third-order valence-electron chi connectivity index (χ3n) is 2.57. The predicted octanol–water partition coefficient (Wildman–Crippen LogP) is 1.22. The number of halogens is 2. The largest absolute Gasteiger partial charge is 0.434 e. The first kappa shape index (κ1) is 16.3. The van der Waals surface area contributed by atoms with E-state index in [1.54, 1.807) is 23.1 Å². The molecule has 0 fully saturated rings. The second-order valence-electron chi connectivity index (χ2n) is 4.16. The SMILES string of the molecule is COCCN(CC(N)=O)Cc1ccccc1OC(F)F. The van der Waals surface area contributed by atoms with Crippen LogP contribution in [0.5, 0.6) is 5.75 Å². The Labute approximate surface area is 116 Å². The van der Waals surface area contributed by atoms with Crippen molar-refractivity contribution in [1.29, 1.82) is 0 Å². The number of methoxy groups -OCH3 is 1. The van der Waals surface area contributed by atoms with E-state index in [9.17, 15) is 13.6 Å². The third-order valence-corrected chi connectivity index (χ3v) is 2.57. The molecule has 0 unspecified atom stereocenters. The minimum Gasteiger partial charge on any atom is -0.434 e. The first-order chi connectivity index (χ1) is 9.52. The number of para-hydroxylation sites is 1. The van der Waals surface area contributed by atoms with Crippen LogP contribution in [0.4, 0.5) is 8.78 Å². The Hall–Kier alpha value is -1.73. The number of amides is 1. The van der Waals surface area contributed by atoms with Gasteiger partial charge in [0.05, 0.1) is 13.2 Å². The maximum atomic E-state index is 12.3. The van der Waals surface area contributed by atoms with Crippen molar-refractivity contribution < 1.29 is 23.0 Å². The van der Waals surface area contributed by atoms with Crippen molar-refractivity contribution in [3.63, 3.8) is 0 Å². The average Bonchev–Trinajstić information content (AvgIpc) is 2.37. The Balaban J connectivity index is 2.78. The molecule has 0 radical (unpaired) electrons. The number of ether oxygens (including phenoxy) is 2. The first-order valence-corrected chi connectivity index (χ1v) is 6.05. The molecule has 1 rings (SSSR count). The molecule has 0 aliphatic carbocycles. The molecule has 0 aliphatic rings. The Bertz CT molecular complexity index is 430. The zero-order valence-corrected chi connectivity index (χ0v) is 11.2. The standard InChI is InChI=1S/C13H18F2N2O3/c1-19-7-6-17(9-12(16)18)8-10-4-2-3-5-11(10)20-13(14)15/h2-5,13H,6-9H2,1H3,(H2,16,18). The molecule has 1 aromatic carbocycles. The van der Waals surface area contributed by atoms with Crippen LogP contribution in [0, 0.1) is 0 Å². The van der Waals surface area contributed by atoms with Gasteiger partial charge in [-0.2, -0.15) is 8.78 Å². The molecule has 5 nitrogen and oxygen atoms in total. The van der Waals surface area contributed by atoms with Crippen LogP contribution in [0.3, 0.4) is 0 Å². The molecule has 0 atom stereocenters. The number of hydrogen-bond acceptors (Lipinski definition) is 4. The van der Waals surface area contributed by atoms with Gasteiger partial charge in [0.25, 0.3) is 0 Å². The van der Waals surface area contributed by atoms with Gasteiger partial charge in [0.1, 0.15) is 5.75 Å². The molecule has 0 aliphatic heterocycles. The fourth-order valence-electron chi connectivity index (χ4n) is 1.74. The Morgan fingerprint density at radius 3 is 2.70 bits per heavy atom. The van der Waals surface area contributed by atoms with E-state index in [0.717, 1.165) is 0 Å². The topological polar surface area (TPSA) is 64.8 Å². The Morgan fingerprint density at radius 2 is 2.10 bits per heavy atom. The summed E-state index contributed by atoms with van der Waals surface area (Å²) in [6, 6.07) is 6.44. The lowest BCUT2D eigenvalue weighted by atomic mass is 10.2. The number of benzene rings is 1. The van der Waals surface area contributed by atoms with Gasteiger partial charge in [-0.3, -0.25) is 9.69 Å². The number of nitrogens with two attached hydrogens (primary N) is 1. The molecular weight excluding hydrogens is 270 g/mol. The second-order valence-corrected chi connectivity index (χ2v) is 4.16. The van der Waals surface area contributed by atoms with Crippen molar-refractivity contribution in [2.75, 3.05) is 26.8 Å². The molecule has 20 heavy (non-hydrogen) atoms. The summed E-state index contributed by atoms with van der Waals surface area (Å²) in [4.78, 5) is 12.7. The zero-order valence-electron chi connectivity index (χ0n) is 11.2. The van der Waals surface area contributed by atoms with Gasteiger partial charge in [-0.1, -0.05) is 18.2 Å². The van der Waals surface area contributed by atoms with E-state index in [4.69, 9.17) is 10.5 Å². The second kappa shape index (κ2) is 8.44. The Morgan fingerprint density at radius 1 is 1.40 bits per heavy atom. The summed E-state index contributed by atoms with van der Waals surface area (Å²) in [7, 11) is 1.54. The van der Waals surface area contributed by atoms with Gasteiger partial charge in [-0.15, -0.1) is 0 Å². The molecule has 0 spiro atoms. The summed E-state index contributed by atoms with van der Waals surface area (Å²) < 4.78 is 34.0. The average molecular weight is 288 g/mol.